The molecular weight excluding hydrogens is 406 g/mol. The zero-order chi connectivity index (χ0) is 20.4. The van der Waals surface area contributed by atoms with Gasteiger partial charge in [-0.1, -0.05) is 43.1 Å². The van der Waals surface area contributed by atoms with Crippen LogP contribution in [0.15, 0.2) is 58.3 Å². The summed E-state index contributed by atoms with van der Waals surface area (Å²) in [5.41, 5.74) is 2.02. The molecule has 0 saturated heterocycles. The quantitative estimate of drug-likeness (QED) is 0.662. The van der Waals surface area contributed by atoms with Crippen LogP contribution in [0.1, 0.15) is 37.4 Å². The van der Waals surface area contributed by atoms with Crippen LogP contribution >= 0.6 is 23.4 Å². The average Bonchev–Trinajstić information content (AvgIpc) is 3.32. The summed E-state index contributed by atoms with van der Waals surface area (Å²) in [6.45, 7) is 2.69. The van der Waals surface area contributed by atoms with Gasteiger partial charge in [-0.05, 0) is 54.4 Å². The molecule has 0 atom stereocenters. The molecule has 0 fully saturated rings. The summed E-state index contributed by atoms with van der Waals surface area (Å²) >= 11 is 7.66. The number of aromatic nitrogens is 1. The van der Waals surface area contributed by atoms with Crippen molar-refractivity contribution in [2.24, 2.45) is 10.1 Å². The van der Waals surface area contributed by atoms with E-state index in [1.165, 1.54) is 16.8 Å². The van der Waals surface area contributed by atoms with Crippen molar-refractivity contribution in [3.63, 3.8) is 0 Å². The number of halogens is 1. The lowest BCUT2D eigenvalue weighted by Crippen LogP contribution is -2.35. The third-order valence-electron chi connectivity index (χ3n) is 4.70. The number of fused-ring (bicyclic) bond motifs is 1. The van der Waals surface area contributed by atoms with E-state index in [1.807, 2.05) is 47.2 Å². The van der Waals surface area contributed by atoms with E-state index in [0.29, 0.717) is 16.7 Å². The van der Waals surface area contributed by atoms with Crippen molar-refractivity contribution in [2.45, 2.75) is 32.7 Å². The van der Waals surface area contributed by atoms with Gasteiger partial charge in [0.1, 0.15) is 5.04 Å². The second kappa shape index (κ2) is 8.39. The second-order valence-electron chi connectivity index (χ2n) is 6.77. The lowest BCUT2D eigenvalue weighted by Gasteiger charge is -2.20. The van der Waals surface area contributed by atoms with E-state index in [4.69, 9.17) is 17.0 Å². The molecule has 2 aliphatic rings. The minimum atomic E-state index is -0.411. The van der Waals surface area contributed by atoms with Crippen LogP contribution in [-0.2, 0) is 11.3 Å². The number of unbranched alkanes of at least 4 members (excludes halogenated alkanes) is 1. The molecular formula is C21H20ClN5OS. The number of amidine groups is 2. The number of benzene rings is 1. The molecule has 1 aromatic carbocycles. The van der Waals surface area contributed by atoms with Crippen molar-refractivity contribution in [1.29, 1.82) is 5.41 Å². The zero-order valence-corrected chi connectivity index (χ0v) is 17.5. The third kappa shape index (κ3) is 4.06. The summed E-state index contributed by atoms with van der Waals surface area (Å²) in [7, 11) is 0. The number of hydrogen-bond donors (Lipinski definition) is 1. The maximum Gasteiger partial charge on any atom is 0.283 e. The number of nitrogens with one attached hydrogen (secondary N) is 1. The number of carbonyl (C=O) groups excluding carboxylic acids is 1. The Kier molecular flexibility index (Phi) is 5.69. The Bertz CT molecular complexity index is 1070. The van der Waals surface area contributed by atoms with Crippen molar-refractivity contribution in [3.05, 3.63) is 64.4 Å². The van der Waals surface area contributed by atoms with Gasteiger partial charge >= 0.3 is 0 Å². The van der Waals surface area contributed by atoms with Crippen LogP contribution in [0.4, 0.5) is 0 Å². The molecule has 29 heavy (non-hydrogen) atoms. The molecule has 3 heterocycles. The van der Waals surface area contributed by atoms with Crippen LogP contribution in [0.3, 0.4) is 0 Å². The average molecular weight is 426 g/mol. The van der Waals surface area contributed by atoms with Crippen LogP contribution in [-0.4, -0.2) is 31.5 Å². The topological polar surface area (TPSA) is 73.8 Å². The number of aliphatic imine (C=N–C) groups is 1. The number of hydrazone groups is 1. The van der Waals surface area contributed by atoms with Crippen molar-refractivity contribution in [1.82, 2.24) is 9.58 Å². The van der Waals surface area contributed by atoms with Gasteiger partial charge in [-0.15, -0.1) is 0 Å². The first-order chi connectivity index (χ1) is 14.1. The maximum atomic E-state index is 12.6. The van der Waals surface area contributed by atoms with Crippen molar-refractivity contribution in [3.8, 4) is 0 Å². The molecule has 2 aromatic rings. The lowest BCUT2D eigenvalue weighted by atomic mass is 10.1. The van der Waals surface area contributed by atoms with Gasteiger partial charge in [0.25, 0.3) is 5.91 Å². The SMILES string of the molecule is CCCCC1=NN2C(=N)/C(=C\c3cccn3Cc3ccccc3Cl)C(=O)N=C2S1. The smallest absolute Gasteiger partial charge is 0.283 e. The summed E-state index contributed by atoms with van der Waals surface area (Å²) in [6, 6.07) is 11.5. The fourth-order valence-electron chi connectivity index (χ4n) is 3.12. The summed E-state index contributed by atoms with van der Waals surface area (Å²) in [5, 5.41) is 16.5. The molecule has 1 N–H and O–H groups in total. The van der Waals surface area contributed by atoms with Crippen molar-refractivity contribution >= 4 is 51.4 Å². The van der Waals surface area contributed by atoms with Gasteiger partial charge in [0.2, 0.25) is 5.17 Å². The largest absolute Gasteiger partial charge is 0.343 e. The van der Waals surface area contributed by atoms with Crippen molar-refractivity contribution < 1.29 is 4.79 Å². The number of thioether (sulfide) groups is 1. The minimum absolute atomic E-state index is 0.0597. The van der Waals surface area contributed by atoms with E-state index >= 15 is 0 Å². The molecule has 0 bridgehead atoms. The molecule has 0 aliphatic carbocycles. The molecule has 8 heteroatoms. The molecule has 148 valence electrons. The Hall–Kier alpha value is -2.64. The molecule has 0 spiro atoms. The monoisotopic (exact) mass is 425 g/mol. The first-order valence-electron chi connectivity index (χ1n) is 9.44. The number of amides is 1. The van der Waals surface area contributed by atoms with Gasteiger partial charge in [-0.25, -0.2) is 0 Å². The Morgan fingerprint density at radius 1 is 1.24 bits per heavy atom. The van der Waals surface area contributed by atoms with E-state index in [0.717, 1.165) is 35.6 Å². The van der Waals surface area contributed by atoms with Gasteiger partial charge in [0.15, 0.2) is 5.84 Å². The minimum Gasteiger partial charge on any atom is -0.343 e. The second-order valence-corrected chi connectivity index (χ2v) is 8.22. The summed E-state index contributed by atoms with van der Waals surface area (Å²) in [4.78, 5) is 16.8. The van der Waals surface area contributed by atoms with Crippen LogP contribution in [0, 0.1) is 5.41 Å². The predicted octanol–water partition coefficient (Wildman–Crippen LogP) is 5.00. The van der Waals surface area contributed by atoms with E-state index in [1.54, 1.807) is 6.08 Å². The van der Waals surface area contributed by atoms with Crippen LogP contribution in [0.25, 0.3) is 6.08 Å². The van der Waals surface area contributed by atoms with Crippen LogP contribution in [0.2, 0.25) is 5.02 Å². The highest BCUT2D eigenvalue weighted by Gasteiger charge is 2.35. The summed E-state index contributed by atoms with van der Waals surface area (Å²) in [5.74, 6) is -0.351. The number of hydrogen-bond acceptors (Lipinski definition) is 4. The molecule has 4 rings (SSSR count). The fraction of sp³-hybridized carbons (Fsp3) is 0.238. The van der Waals surface area contributed by atoms with Crippen LogP contribution < -0.4 is 0 Å². The Morgan fingerprint density at radius 3 is 2.86 bits per heavy atom. The van der Waals surface area contributed by atoms with E-state index in [9.17, 15) is 4.79 Å². The van der Waals surface area contributed by atoms with Gasteiger partial charge in [-0.3, -0.25) is 10.2 Å². The Morgan fingerprint density at radius 2 is 2.07 bits per heavy atom. The number of carbonyl (C=O) groups is 1. The molecule has 1 amide bonds. The highest BCUT2D eigenvalue weighted by atomic mass is 35.5. The van der Waals surface area contributed by atoms with Crippen LogP contribution in [0.5, 0.6) is 0 Å². The molecule has 0 radical (unpaired) electrons. The fourth-order valence-corrected chi connectivity index (χ4v) is 4.24. The Labute approximate surface area is 178 Å². The first kappa shape index (κ1) is 19.7. The molecule has 2 aliphatic heterocycles. The molecule has 0 saturated carbocycles. The standard InChI is InChI=1S/C21H20ClN5OS/c1-2-3-10-18-25-27-19(23)16(20(28)24-21(27)29-18)12-15-8-6-11-26(15)13-14-7-4-5-9-17(14)22/h4-9,11-12,23H,2-3,10,13H2,1H3/b16-12+,23-19?. The van der Waals surface area contributed by atoms with Gasteiger partial charge in [0.05, 0.1) is 5.57 Å². The van der Waals surface area contributed by atoms with E-state index in [2.05, 4.69) is 17.0 Å². The zero-order valence-electron chi connectivity index (χ0n) is 15.9. The number of rotatable bonds is 6. The third-order valence-corrected chi connectivity index (χ3v) is 6.03. The Balaban J connectivity index is 1.61. The maximum absolute atomic E-state index is 12.6. The van der Waals surface area contributed by atoms with Gasteiger partial charge < -0.3 is 4.57 Å². The predicted molar refractivity (Wildman–Crippen MR) is 120 cm³/mol. The van der Waals surface area contributed by atoms with E-state index < -0.39 is 5.91 Å². The lowest BCUT2D eigenvalue weighted by molar-refractivity contribution is -0.114. The number of nitrogens with zero attached hydrogens (tertiary/aromatic N) is 4. The van der Waals surface area contributed by atoms with Gasteiger partial charge in [-0.2, -0.15) is 15.1 Å². The highest BCUT2D eigenvalue weighted by Crippen LogP contribution is 2.30. The van der Waals surface area contributed by atoms with E-state index in [-0.39, 0.29) is 11.4 Å². The molecule has 1 aromatic heterocycles. The first-order valence-corrected chi connectivity index (χ1v) is 10.6. The summed E-state index contributed by atoms with van der Waals surface area (Å²) in [6.07, 6.45) is 6.54. The summed E-state index contributed by atoms with van der Waals surface area (Å²) < 4.78 is 1.99. The highest BCUT2D eigenvalue weighted by molar-refractivity contribution is 8.26. The molecule has 0 unspecified atom stereocenters. The normalized spacial score (nSPS) is 17.6. The molecule has 6 nitrogen and oxygen atoms in total. The van der Waals surface area contributed by atoms with Crippen molar-refractivity contribution in [2.75, 3.05) is 0 Å². The van der Waals surface area contributed by atoms with Gasteiger partial charge in [0, 0.05) is 23.5 Å².